The number of nitrogens with zero attached hydrogens (tertiary/aromatic N) is 1. The monoisotopic (exact) mass is 304 g/mol. The second-order valence-electron chi connectivity index (χ2n) is 4.83. The van der Waals surface area contributed by atoms with Gasteiger partial charge in [0.1, 0.15) is 5.01 Å². The first kappa shape index (κ1) is 15.7. The van der Waals surface area contributed by atoms with Crippen LogP contribution >= 0.6 is 11.3 Å². The molecule has 112 valence electrons. The zero-order valence-electron chi connectivity index (χ0n) is 12.4. The highest BCUT2D eigenvalue weighted by Crippen LogP contribution is 2.22. The Kier molecular flexibility index (Phi) is 5.47. The van der Waals surface area contributed by atoms with E-state index in [0.29, 0.717) is 18.7 Å². The van der Waals surface area contributed by atoms with Crippen molar-refractivity contribution in [3.8, 4) is 0 Å². The van der Waals surface area contributed by atoms with Crippen LogP contribution in [0.25, 0.3) is 0 Å². The minimum Gasteiger partial charge on any atom is -0.462 e. The van der Waals surface area contributed by atoms with Crippen LogP contribution in [0, 0.1) is 6.92 Å². The average Bonchev–Trinajstić information content (AvgIpc) is 2.85. The summed E-state index contributed by atoms with van der Waals surface area (Å²) in [5.74, 6) is -0.262. The Hall–Kier alpha value is -1.72. The minimum absolute atomic E-state index is 0.262. The molecule has 0 fully saturated rings. The smallest absolute Gasteiger partial charge is 0.338 e. The lowest BCUT2D eigenvalue weighted by atomic mass is 10.1. The Bertz CT molecular complexity index is 622. The average molecular weight is 304 g/mol. The molecule has 0 aliphatic heterocycles. The van der Waals surface area contributed by atoms with Gasteiger partial charge in [-0.15, -0.1) is 11.3 Å². The van der Waals surface area contributed by atoms with Gasteiger partial charge in [0.2, 0.25) is 0 Å². The Balaban J connectivity index is 2.13. The van der Waals surface area contributed by atoms with Gasteiger partial charge >= 0.3 is 5.97 Å². The molecule has 0 aliphatic carbocycles. The van der Waals surface area contributed by atoms with Gasteiger partial charge < -0.3 is 10.5 Å². The molecule has 0 amide bonds. The molecule has 5 heteroatoms. The molecule has 1 aromatic carbocycles. The van der Waals surface area contributed by atoms with Crippen molar-refractivity contribution < 1.29 is 9.53 Å². The molecule has 2 aromatic rings. The van der Waals surface area contributed by atoms with E-state index >= 15 is 0 Å². The number of aryl methyl sites for hydroxylation is 1. The molecule has 1 aromatic heterocycles. The van der Waals surface area contributed by atoms with Gasteiger partial charge in [-0.1, -0.05) is 19.1 Å². The van der Waals surface area contributed by atoms with Gasteiger partial charge in [0.05, 0.1) is 17.9 Å². The number of esters is 1. The molecule has 1 heterocycles. The first-order valence-corrected chi connectivity index (χ1v) is 7.87. The Morgan fingerprint density at radius 1 is 1.43 bits per heavy atom. The first-order valence-electron chi connectivity index (χ1n) is 7.05. The summed E-state index contributed by atoms with van der Waals surface area (Å²) in [5.41, 5.74) is 8.31. The molecule has 0 radical (unpaired) electrons. The number of nitrogens with two attached hydrogens (primary N) is 1. The Morgan fingerprint density at radius 3 is 2.90 bits per heavy atom. The fourth-order valence-electron chi connectivity index (χ4n) is 2.01. The first-order chi connectivity index (χ1) is 10.1. The van der Waals surface area contributed by atoms with Crippen molar-refractivity contribution >= 4 is 17.3 Å². The van der Waals surface area contributed by atoms with Crippen LogP contribution in [-0.2, 0) is 17.7 Å². The SMILES string of the molecule is CCCOC(=O)c1cccc(Cc2sc(CN)nc2C)c1. The van der Waals surface area contributed by atoms with Crippen molar-refractivity contribution in [1.29, 1.82) is 0 Å². The standard InChI is InChI=1S/C16H20N2O2S/c1-3-7-20-16(19)13-6-4-5-12(8-13)9-14-11(2)18-15(10-17)21-14/h4-6,8H,3,7,9-10,17H2,1-2H3. The number of rotatable bonds is 6. The van der Waals surface area contributed by atoms with Crippen molar-refractivity contribution in [2.24, 2.45) is 5.73 Å². The number of benzene rings is 1. The quantitative estimate of drug-likeness (QED) is 0.833. The lowest BCUT2D eigenvalue weighted by Gasteiger charge is -2.05. The molecular weight excluding hydrogens is 284 g/mol. The number of ether oxygens (including phenoxy) is 1. The molecule has 0 bridgehead atoms. The maximum absolute atomic E-state index is 11.9. The van der Waals surface area contributed by atoms with Gasteiger partial charge in [0, 0.05) is 17.8 Å². The number of thiazole rings is 1. The number of hydrogen-bond acceptors (Lipinski definition) is 5. The van der Waals surface area contributed by atoms with Crippen LogP contribution < -0.4 is 5.73 Å². The lowest BCUT2D eigenvalue weighted by molar-refractivity contribution is 0.0505. The summed E-state index contributed by atoms with van der Waals surface area (Å²) in [6.07, 6.45) is 1.59. The van der Waals surface area contributed by atoms with E-state index in [2.05, 4.69) is 4.98 Å². The normalized spacial score (nSPS) is 10.6. The molecule has 4 nitrogen and oxygen atoms in total. The zero-order chi connectivity index (χ0) is 15.2. The van der Waals surface area contributed by atoms with E-state index in [9.17, 15) is 4.79 Å². The summed E-state index contributed by atoms with van der Waals surface area (Å²) in [4.78, 5) is 17.5. The van der Waals surface area contributed by atoms with Crippen LogP contribution in [0.3, 0.4) is 0 Å². The summed E-state index contributed by atoms with van der Waals surface area (Å²) >= 11 is 1.63. The molecular formula is C16H20N2O2S. The number of hydrogen-bond donors (Lipinski definition) is 1. The zero-order valence-corrected chi connectivity index (χ0v) is 13.2. The van der Waals surface area contributed by atoms with E-state index in [1.54, 1.807) is 17.4 Å². The maximum atomic E-state index is 11.9. The summed E-state index contributed by atoms with van der Waals surface area (Å²) in [5, 5.41) is 0.945. The molecule has 21 heavy (non-hydrogen) atoms. The lowest BCUT2D eigenvalue weighted by Crippen LogP contribution is -2.06. The fraction of sp³-hybridized carbons (Fsp3) is 0.375. The fourth-order valence-corrected chi connectivity index (χ4v) is 2.99. The molecule has 0 saturated carbocycles. The second kappa shape index (κ2) is 7.33. The van der Waals surface area contributed by atoms with E-state index < -0.39 is 0 Å². The number of carbonyl (C=O) groups excluding carboxylic acids is 1. The van der Waals surface area contributed by atoms with Gasteiger partial charge in [0.25, 0.3) is 0 Å². The molecule has 0 unspecified atom stereocenters. The van der Waals surface area contributed by atoms with Crippen LogP contribution in [0.4, 0.5) is 0 Å². The summed E-state index contributed by atoms with van der Waals surface area (Å²) in [6.45, 7) is 4.89. The van der Waals surface area contributed by atoms with Gasteiger partial charge in [-0.2, -0.15) is 0 Å². The molecule has 0 saturated heterocycles. The predicted molar refractivity (Wildman–Crippen MR) is 84.6 cm³/mol. The van der Waals surface area contributed by atoms with Gasteiger partial charge in [-0.05, 0) is 31.0 Å². The second-order valence-corrected chi connectivity index (χ2v) is 6.00. The van der Waals surface area contributed by atoms with Crippen molar-refractivity contribution in [3.05, 3.63) is 51.0 Å². The van der Waals surface area contributed by atoms with Crippen molar-refractivity contribution in [2.45, 2.75) is 33.2 Å². The van der Waals surface area contributed by atoms with E-state index in [0.717, 1.165) is 29.1 Å². The highest BCUT2D eigenvalue weighted by molar-refractivity contribution is 7.11. The van der Waals surface area contributed by atoms with E-state index in [-0.39, 0.29) is 5.97 Å². The van der Waals surface area contributed by atoms with Gasteiger partial charge in [-0.3, -0.25) is 0 Å². The Labute approximate surface area is 129 Å². The van der Waals surface area contributed by atoms with E-state index in [1.807, 2.05) is 32.0 Å². The van der Waals surface area contributed by atoms with Crippen molar-refractivity contribution in [3.63, 3.8) is 0 Å². The molecule has 2 N–H and O–H groups in total. The Morgan fingerprint density at radius 2 is 2.24 bits per heavy atom. The largest absolute Gasteiger partial charge is 0.462 e. The van der Waals surface area contributed by atoms with Crippen molar-refractivity contribution in [2.75, 3.05) is 6.61 Å². The van der Waals surface area contributed by atoms with Crippen molar-refractivity contribution in [1.82, 2.24) is 4.98 Å². The van der Waals surface area contributed by atoms with E-state index in [4.69, 9.17) is 10.5 Å². The highest BCUT2D eigenvalue weighted by atomic mass is 32.1. The summed E-state index contributed by atoms with van der Waals surface area (Å²) in [6, 6.07) is 7.57. The molecule has 0 aliphatic rings. The summed E-state index contributed by atoms with van der Waals surface area (Å²) in [7, 11) is 0. The third kappa shape index (κ3) is 4.12. The molecule has 0 atom stereocenters. The highest BCUT2D eigenvalue weighted by Gasteiger charge is 2.10. The van der Waals surface area contributed by atoms with Crippen LogP contribution in [0.15, 0.2) is 24.3 Å². The predicted octanol–water partition coefficient (Wildman–Crippen LogP) is 3.07. The number of aromatic nitrogens is 1. The van der Waals surface area contributed by atoms with E-state index in [1.165, 1.54) is 4.88 Å². The van der Waals surface area contributed by atoms with Crippen LogP contribution in [0.5, 0.6) is 0 Å². The molecule has 2 rings (SSSR count). The summed E-state index contributed by atoms with van der Waals surface area (Å²) < 4.78 is 5.16. The van der Waals surface area contributed by atoms with Crippen LogP contribution in [0.2, 0.25) is 0 Å². The van der Waals surface area contributed by atoms with Crippen LogP contribution in [-0.4, -0.2) is 17.6 Å². The third-order valence-electron chi connectivity index (χ3n) is 3.08. The van der Waals surface area contributed by atoms with Crippen LogP contribution in [0.1, 0.15) is 44.8 Å². The van der Waals surface area contributed by atoms with Gasteiger partial charge in [0.15, 0.2) is 0 Å². The third-order valence-corrected chi connectivity index (χ3v) is 4.26. The maximum Gasteiger partial charge on any atom is 0.338 e. The number of carbonyl (C=O) groups is 1. The topological polar surface area (TPSA) is 65.2 Å². The molecule has 0 spiro atoms. The van der Waals surface area contributed by atoms with Gasteiger partial charge in [-0.25, -0.2) is 9.78 Å². The minimum atomic E-state index is -0.262.